The summed E-state index contributed by atoms with van der Waals surface area (Å²) < 4.78 is 11.6. The number of fused-ring (bicyclic) bond motifs is 1. The van der Waals surface area contributed by atoms with Gasteiger partial charge in [0, 0.05) is 36.7 Å². The molecule has 0 saturated carbocycles. The van der Waals surface area contributed by atoms with Crippen molar-refractivity contribution in [3.63, 3.8) is 0 Å². The molecule has 34 heavy (non-hydrogen) atoms. The summed E-state index contributed by atoms with van der Waals surface area (Å²) in [4.78, 5) is 40.7. The summed E-state index contributed by atoms with van der Waals surface area (Å²) in [6, 6.07) is 13.6. The minimum Gasteiger partial charge on any atom is -0.489 e. The smallest absolute Gasteiger partial charge is 0.255 e. The van der Waals surface area contributed by atoms with Gasteiger partial charge in [0.2, 0.25) is 11.8 Å². The summed E-state index contributed by atoms with van der Waals surface area (Å²) in [6.45, 7) is 6.35. The number of rotatable bonds is 6. The fraction of sp³-hybridized carbons (Fsp3) is 0.423. The summed E-state index contributed by atoms with van der Waals surface area (Å²) in [5, 5.41) is 2.34. The van der Waals surface area contributed by atoms with E-state index in [9.17, 15) is 14.4 Å². The zero-order valence-electron chi connectivity index (χ0n) is 19.3. The number of piperidine rings is 1. The third-order valence-electron chi connectivity index (χ3n) is 6.99. The molecular weight excluding hydrogens is 434 g/mol. The van der Waals surface area contributed by atoms with Gasteiger partial charge >= 0.3 is 0 Å². The fourth-order valence-electron chi connectivity index (χ4n) is 4.92. The number of hydrogen-bond acceptors (Lipinski definition) is 6. The van der Waals surface area contributed by atoms with Crippen LogP contribution in [0.1, 0.15) is 52.9 Å². The maximum absolute atomic E-state index is 13.0. The van der Waals surface area contributed by atoms with Gasteiger partial charge in [0.25, 0.3) is 5.91 Å². The SMILES string of the molecule is C[C@@H](c1ccc(COc2cccc3c2CN(C2CCC(=O)NC2=O)C3=O)cc1)N1CCOCC1. The van der Waals surface area contributed by atoms with E-state index < -0.39 is 11.9 Å². The molecule has 178 valence electrons. The highest BCUT2D eigenvalue weighted by atomic mass is 16.5. The highest BCUT2D eigenvalue weighted by Gasteiger charge is 2.40. The van der Waals surface area contributed by atoms with Crippen molar-refractivity contribution >= 4 is 17.7 Å². The monoisotopic (exact) mass is 463 g/mol. The van der Waals surface area contributed by atoms with Crippen molar-refractivity contribution in [1.82, 2.24) is 15.1 Å². The molecule has 8 nitrogen and oxygen atoms in total. The van der Waals surface area contributed by atoms with E-state index in [1.54, 1.807) is 17.0 Å². The first kappa shape index (κ1) is 22.6. The van der Waals surface area contributed by atoms with E-state index in [4.69, 9.17) is 9.47 Å². The zero-order valence-corrected chi connectivity index (χ0v) is 19.3. The van der Waals surface area contributed by atoms with Crippen molar-refractivity contribution in [2.75, 3.05) is 26.3 Å². The van der Waals surface area contributed by atoms with Crippen LogP contribution in [0.5, 0.6) is 5.75 Å². The van der Waals surface area contributed by atoms with Crippen molar-refractivity contribution in [1.29, 1.82) is 0 Å². The van der Waals surface area contributed by atoms with Crippen molar-refractivity contribution in [3.05, 3.63) is 64.7 Å². The molecule has 5 rings (SSSR count). The molecule has 8 heteroatoms. The Morgan fingerprint density at radius 3 is 2.59 bits per heavy atom. The Morgan fingerprint density at radius 2 is 1.85 bits per heavy atom. The molecule has 2 saturated heterocycles. The molecular formula is C26H29N3O5. The van der Waals surface area contributed by atoms with E-state index in [1.165, 1.54) is 5.56 Å². The van der Waals surface area contributed by atoms with Crippen LogP contribution in [-0.4, -0.2) is 59.9 Å². The first-order valence-electron chi connectivity index (χ1n) is 11.8. The minimum atomic E-state index is -0.633. The quantitative estimate of drug-likeness (QED) is 0.662. The average Bonchev–Trinajstić information content (AvgIpc) is 3.20. The van der Waals surface area contributed by atoms with Crippen LogP contribution in [0.15, 0.2) is 42.5 Å². The number of benzene rings is 2. The number of carbonyl (C=O) groups excluding carboxylic acids is 3. The Morgan fingerprint density at radius 1 is 1.09 bits per heavy atom. The van der Waals surface area contributed by atoms with Crippen LogP contribution in [0.25, 0.3) is 0 Å². The average molecular weight is 464 g/mol. The molecule has 3 amide bonds. The lowest BCUT2D eigenvalue weighted by Crippen LogP contribution is -2.52. The van der Waals surface area contributed by atoms with Gasteiger partial charge in [-0.3, -0.25) is 24.6 Å². The lowest BCUT2D eigenvalue weighted by atomic mass is 10.0. The Balaban J connectivity index is 1.24. The number of nitrogens with zero attached hydrogens (tertiary/aromatic N) is 2. The Hall–Kier alpha value is -3.23. The van der Waals surface area contributed by atoms with Crippen LogP contribution >= 0.6 is 0 Å². The number of carbonyl (C=O) groups is 3. The summed E-state index contributed by atoms with van der Waals surface area (Å²) in [7, 11) is 0. The molecule has 0 radical (unpaired) electrons. The van der Waals surface area contributed by atoms with E-state index in [-0.39, 0.29) is 18.2 Å². The van der Waals surface area contributed by atoms with E-state index in [1.807, 2.05) is 6.07 Å². The molecule has 2 aromatic carbocycles. The molecule has 3 aliphatic rings. The van der Waals surface area contributed by atoms with Gasteiger partial charge in [-0.05, 0) is 36.6 Å². The molecule has 2 atom stereocenters. The van der Waals surface area contributed by atoms with Crippen LogP contribution in [0.2, 0.25) is 0 Å². The number of ether oxygens (including phenoxy) is 2. The summed E-state index contributed by atoms with van der Waals surface area (Å²) in [5.41, 5.74) is 3.64. The van der Waals surface area contributed by atoms with E-state index in [0.29, 0.717) is 36.9 Å². The second kappa shape index (κ2) is 9.56. The standard InChI is InChI=1S/C26H29N3O5/c1-17(28-11-13-33-14-12-28)19-7-5-18(6-8-19)16-34-23-4-2-3-20-21(23)15-29(26(20)32)22-9-10-24(30)27-25(22)31/h2-8,17,22H,9-16H2,1H3,(H,27,30,31)/t17-,22?/m0/s1. The minimum absolute atomic E-state index is 0.198. The van der Waals surface area contributed by atoms with Gasteiger partial charge in [-0.1, -0.05) is 30.3 Å². The maximum Gasteiger partial charge on any atom is 0.255 e. The van der Waals surface area contributed by atoms with Crippen LogP contribution in [0.4, 0.5) is 0 Å². The fourth-order valence-corrected chi connectivity index (χ4v) is 4.92. The molecule has 0 bridgehead atoms. The highest BCUT2D eigenvalue weighted by molar-refractivity contribution is 6.05. The zero-order chi connectivity index (χ0) is 23.7. The van der Waals surface area contributed by atoms with E-state index >= 15 is 0 Å². The molecule has 3 heterocycles. The normalized spacial score (nSPS) is 21.9. The number of hydrogen-bond donors (Lipinski definition) is 1. The Kier molecular flexibility index (Phi) is 6.34. The molecule has 2 aromatic rings. The predicted octanol–water partition coefficient (Wildman–Crippen LogP) is 2.42. The van der Waals surface area contributed by atoms with Crippen molar-refractivity contribution in [2.24, 2.45) is 0 Å². The second-order valence-corrected chi connectivity index (χ2v) is 9.04. The first-order chi connectivity index (χ1) is 16.5. The van der Waals surface area contributed by atoms with Gasteiger partial charge in [-0.2, -0.15) is 0 Å². The van der Waals surface area contributed by atoms with Gasteiger partial charge in [-0.15, -0.1) is 0 Å². The molecule has 2 fully saturated rings. The molecule has 0 aliphatic carbocycles. The molecule has 0 aromatic heterocycles. The maximum atomic E-state index is 13.0. The number of imide groups is 1. The molecule has 1 unspecified atom stereocenters. The largest absolute Gasteiger partial charge is 0.489 e. The van der Waals surface area contributed by atoms with Crippen molar-refractivity contribution in [3.8, 4) is 5.75 Å². The topological polar surface area (TPSA) is 88.2 Å². The second-order valence-electron chi connectivity index (χ2n) is 9.04. The number of morpholine rings is 1. The first-order valence-corrected chi connectivity index (χ1v) is 11.8. The van der Waals surface area contributed by atoms with E-state index in [2.05, 4.69) is 41.4 Å². The summed E-state index contributed by atoms with van der Waals surface area (Å²) in [6.07, 6.45) is 0.579. The van der Waals surface area contributed by atoms with Gasteiger partial charge < -0.3 is 14.4 Å². The lowest BCUT2D eigenvalue weighted by Gasteiger charge is -2.32. The van der Waals surface area contributed by atoms with Gasteiger partial charge in [-0.25, -0.2) is 0 Å². The molecule has 3 aliphatic heterocycles. The van der Waals surface area contributed by atoms with Gasteiger partial charge in [0.15, 0.2) is 0 Å². The Labute approximate surface area is 198 Å². The van der Waals surface area contributed by atoms with Crippen LogP contribution < -0.4 is 10.1 Å². The molecule has 1 N–H and O–H groups in total. The van der Waals surface area contributed by atoms with Crippen LogP contribution in [0, 0.1) is 0 Å². The molecule has 0 spiro atoms. The van der Waals surface area contributed by atoms with Gasteiger partial charge in [0.1, 0.15) is 18.4 Å². The number of nitrogens with one attached hydrogen (secondary N) is 1. The lowest BCUT2D eigenvalue weighted by molar-refractivity contribution is -0.136. The number of amides is 3. The summed E-state index contributed by atoms with van der Waals surface area (Å²) in [5.74, 6) is -0.256. The Bertz CT molecular complexity index is 1090. The van der Waals surface area contributed by atoms with Crippen LogP contribution in [-0.2, 0) is 27.5 Å². The van der Waals surface area contributed by atoms with Crippen molar-refractivity contribution < 1.29 is 23.9 Å². The van der Waals surface area contributed by atoms with Crippen LogP contribution in [0.3, 0.4) is 0 Å². The highest BCUT2D eigenvalue weighted by Crippen LogP contribution is 2.34. The summed E-state index contributed by atoms with van der Waals surface area (Å²) >= 11 is 0. The van der Waals surface area contributed by atoms with Gasteiger partial charge in [0.05, 0.1) is 19.8 Å². The van der Waals surface area contributed by atoms with E-state index in [0.717, 1.165) is 37.4 Å². The van der Waals surface area contributed by atoms with Crippen molar-refractivity contribution in [2.45, 2.75) is 45.0 Å². The third-order valence-corrected chi connectivity index (χ3v) is 6.99. The third kappa shape index (κ3) is 4.43. The predicted molar refractivity (Wildman–Crippen MR) is 124 cm³/mol.